The number of aromatic amines is 1. The number of carbonyl (C=O) groups excluding carboxylic acids is 1. The molecule has 0 fully saturated rings. The number of pyridine rings is 1. The number of hydrogen-bond donors (Lipinski definition) is 1. The van der Waals surface area contributed by atoms with E-state index in [-0.39, 0.29) is 5.56 Å². The minimum Gasteiger partial charge on any atom is -0.321 e. The number of allylic oxidation sites excluding steroid dienone is 1. The first kappa shape index (κ1) is 18.4. The second-order valence-corrected chi connectivity index (χ2v) is 7.84. The third-order valence-electron chi connectivity index (χ3n) is 3.52. The van der Waals surface area contributed by atoms with Gasteiger partial charge in [0.05, 0.1) is 11.1 Å². The maximum atomic E-state index is 12.4. The predicted molar refractivity (Wildman–Crippen MR) is 110 cm³/mol. The number of halogens is 4. The zero-order valence-corrected chi connectivity index (χ0v) is 17.1. The van der Waals surface area contributed by atoms with E-state index in [1.54, 1.807) is 36.4 Å². The Kier molecular flexibility index (Phi) is 5.49. The van der Waals surface area contributed by atoms with Gasteiger partial charge in [0.2, 0.25) is 0 Å². The van der Waals surface area contributed by atoms with Crippen LogP contribution in [-0.4, -0.2) is 10.8 Å². The van der Waals surface area contributed by atoms with E-state index in [9.17, 15) is 9.59 Å². The quantitative estimate of drug-likeness (QED) is 0.340. The molecular formula is C18H9Br2Cl2NO2. The van der Waals surface area contributed by atoms with Crippen LogP contribution in [0.5, 0.6) is 0 Å². The molecule has 3 rings (SSSR count). The molecule has 0 aliphatic heterocycles. The van der Waals surface area contributed by atoms with Gasteiger partial charge in [-0.1, -0.05) is 61.1 Å². The zero-order valence-electron chi connectivity index (χ0n) is 12.4. The van der Waals surface area contributed by atoms with Gasteiger partial charge in [-0.05, 0) is 48.0 Å². The van der Waals surface area contributed by atoms with Gasteiger partial charge in [-0.25, -0.2) is 0 Å². The number of nitrogens with one attached hydrogen (secondary N) is 1. The van der Waals surface area contributed by atoms with Gasteiger partial charge in [0.15, 0.2) is 5.78 Å². The van der Waals surface area contributed by atoms with Crippen LogP contribution in [-0.2, 0) is 0 Å². The topological polar surface area (TPSA) is 49.9 Å². The third-order valence-corrected chi connectivity index (χ3v) is 5.19. The van der Waals surface area contributed by atoms with Crippen molar-refractivity contribution < 1.29 is 4.79 Å². The number of fused-ring (bicyclic) bond motifs is 1. The highest BCUT2D eigenvalue weighted by Gasteiger charge is 2.12. The highest BCUT2D eigenvalue weighted by atomic mass is 79.9. The minimum atomic E-state index is -0.450. The van der Waals surface area contributed by atoms with E-state index in [2.05, 4.69) is 36.8 Å². The summed E-state index contributed by atoms with van der Waals surface area (Å²) in [5, 5.41) is 1.68. The Labute approximate surface area is 169 Å². The predicted octanol–water partition coefficient (Wildman–Crippen LogP) is 6.26. The van der Waals surface area contributed by atoms with Gasteiger partial charge in [0, 0.05) is 24.4 Å². The lowest BCUT2D eigenvalue weighted by molar-refractivity contribution is 0.104. The van der Waals surface area contributed by atoms with Crippen molar-refractivity contribution >= 4 is 77.8 Å². The third kappa shape index (κ3) is 4.06. The Balaban J connectivity index is 2.01. The molecule has 0 atom stereocenters. The molecule has 0 bridgehead atoms. The summed E-state index contributed by atoms with van der Waals surface area (Å²) in [5.41, 5.74) is 0.875. The minimum absolute atomic E-state index is 0.0526. The van der Waals surface area contributed by atoms with E-state index in [1.165, 1.54) is 6.08 Å². The number of carbonyl (C=O) groups is 1. The summed E-state index contributed by atoms with van der Waals surface area (Å²) in [5.74, 6) is -0.413. The molecule has 0 unspecified atom stereocenters. The molecule has 0 radical (unpaired) electrons. The van der Waals surface area contributed by atoms with Gasteiger partial charge in [-0.15, -0.1) is 0 Å². The van der Waals surface area contributed by atoms with Crippen molar-refractivity contribution in [1.82, 2.24) is 4.98 Å². The molecular weight excluding hydrogens is 493 g/mol. The number of aromatic nitrogens is 1. The van der Waals surface area contributed by atoms with Crippen LogP contribution in [0.3, 0.4) is 0 Å². The van der Waals surface area contributed by atoms with Crippen molar-refractivity contribution in [2.75, 3.05) is 0 Å². The Morgan fingerprint density at radius 2 is 1.84 bits per heavy atom. The summed E-state index contributed by atoms with van der Waals surface area (Å²) in [7, 11) is 0. The standard InChI is InChI=1S/C18H9Br2Cl2NO2/c19-10-5-14(20)12-8-13(18(25)23-16(12)6-10)17(24)4-2-9-1-3-11(21)7-15(9)22/h1-8H,(H,23,25)/b4-2-. The van der Waals surface area contributed by atoms with Crippen LogP contribution in [0.2, 0.25) is 10.0 Å². The molecule has 25 heavy (non-hydrogen) atoms. The molecule has 1 aromatic heterocycles. The maximum Gasteiger partial charge on any atom is 0.259 e. The summed E-state index contributed by atoms with van der Waals surface area (Å²) < 4.78 is 1.59. The van der Waals surface area contributed by atoms with Crippen molar-refractivity contribution in [2.45, 2.75) is 0 Å². The molecule has 0 saturated carbocycles. The molecule has 0 aliphatic rings. The van der Waals surface area contributed by atoms with E-state index in [0.29, 0.717) is 21.1 Å². The molecule has 3 aromatic rings. The van der Waals surface area contributed by atoms with Crippen LogP contribution >= 0.6 is 55.1 Å². The van der Waals surface area contributed by atoms with E-state index >= 15 is 0 Å². The molecule has 3 nitrogen and oxygen atoms in total. The summed E-state index contributed by atoms with van der Waals surface area (Å²) in [6.45, 7) is 0. The molecule has 1 heterocycles. The van der Waals surface area contributed by atoms with Gasteiger partial charge in [-0.3, -0.25) is 9.59 Å². The summed E-state index contributed by atoms with van der Waals surface area (Å²) in [6, 6.07) is 10.2. The fourth-order valence-electron chi connectivity index (χ4n) is 2.31. The molecule has 7 heteroatoms. The van der Waals surface area contributed by atoms with Crippen LogP contribution in [0, 0.1) is 0 Å². The first-order chi connectivity index (χ1) is 11.8. The monoisotopic (exact) mass is 499 g/mol. The number of ketones is 1. The first-order valence-corrected chi connectivity index (χ1v) is 9.39. The lowest BCUT2D eigenvalue weighted by Crippen LogP contribution is -2.16. The Hall–Kier alpha value is -1.40. The van der Waals surface area contributed by atoms with E-state index in [4.69, 9.17) is 23.2 Å². The SMILES string of the molecule is O=C(/C=C\c1ccc(Cl)cc1Cl)c1cc2c(Br)cc(Br)cc2[nH]c1=O. The average Bonchev–Trinajstić information content (AvgIpc) is 2.53. The van der Waals surface area contributed by atoms with Crippen molar-refractivity contribution in [3.05, 3.63) is 82.9 Å². The van der Waals surface area contributed by atoms with Crippen molar-refractivity contribution in [3.63, 3.8) is 0 Å². The van der Waals surface area contributed by atoms with Crippen LogP contribution in [0.25, 0.3) is 17.0 Å². The van der Waals surface area contributed by atoms with E-state index < -0.39 is 11.3 Å². The van der Waals surface area contributed by atoms with Gasteiger partial charge < -0.3 is 4.98 Å². The second kappa shape index (κ2) is 7.46. The largest absolute Gasteiger partial charge is 0.321 e. The van der Waals surface area contributed by atoms with Crippen LogP contribution in [0.15, 0.2) is 56.2 Å². The Morgan fingerprint density at radius 1 is 1.08 bits per heavy atom. The van der Waals surface area contributed by atoms with Gasteiger partial charge in [0.1, 0.15) is 0 Å². The number of rotatable bonds is 3. The van der Waals surface area contributed by atoms with E-state index in [1.807, 2.05) is 6.07 Å². The highest BCUT2D eigenvalue weighted by molar-refractivity contribution is 9.11. The van der Waals surface area contributed by atoms with Crippen LogP contribution in [0.4, 0.5) is 0 Å². The van der Waals surface area contributed by atoms with Crippen molar-refractivity contribution in [2.24, 2.45) is 0 Å². The zero-order chi connectivity index (χ0) is 18.1. The van der Waals surface area contributed by atoms with Crippen molar-refractivity contribution in [3.8, 4) is 0 Å². The number of benzene rings is 2. The molecule has 0 amide bonds. The number of H-pyrrole nitrogens is 1. The first-order valence-electron chi connectivity index (χ1n) is 7.04. The normalized spacial score (nSPS) is 11.4. The van der Waals surface area contributed by atoms with Crippen LogP contribution in [0.1, 0.15) is 15.9 Å². The Morgan fingerprint density at radius 3 is 2.56 bits per heavy atom. The van der Waals surface area contributed by atoms with Crippen molar-refractivity contribution in [1.29, 1.82) is 0 Å². The van der Waals surface area contributed by atoms with Gasteiger partial charge in [-0.2, -0.15) is 0 Å². The lowest BCUT2D eigenvalue weighted by atomic mass is 10.1. The molecule has 1 N–H and O–H groups in total. The van der Waals surface area contributed by atoms with E-state index in [0.717, 1.165) is 14.3 Å². The smallest absolute Gasteiger partial charge is 0.259 e. The molecule has 126 valence electrons. The van der Waals surface area contributed by atoms with Gasteiger partial charge in [0.25, 0.3) is 5.56 Å². The molecule has 0 aliphatic carbocycles. The molecule has 2 aromatic carbocycles. The lowest BCUT2D eigenvalue weighted by Gasteiger charge is -2.04. The molecule has 0 saturated heterocycles. The second-order valence-electron chi connectivity index (χ2n) is 5.22. The highest BCUT2D eigenvalue weighted by Crippen LogP contribution is 2.27. The maximum absolute atomic E-state index is 12.4. The number of hydrogen-bond acceptors (Lipinski definition) is 2. The fourth-order valence-corrected chi connectivity index (χ4v) is 4.12. The van der Waals surface area contributed by atoms with Crippen LogP contribution < -0.4 is 5.56 Å². The molecule has 0 spiro atoms. The summed E-state index contributed by atoms with van der Waals surface area (Å²) in [6.07, 6.45) is 2.87. The fraction of sp³-hybridized carbons (Fsp3) is 0. The Bertz CT molecular complexity index is 1090. The summed E-state index contributed by atoms with van der Waals surface area (Å²) >= 11 is 18.7. The average molecular weight is 502 g/mol. The van der Waals surface area contributed by atoms with Gasteiger partial charge >= 0.3 is 0 Å². The summed E-state index contributed by atoms with van der Waals surface area (Å²) in [4.78, 5) is 27.4.